The van der Waals surface area contributed by atoms with Crippen LogP contribution in [0.4, 0.5) is 13.2 Å². The van der Waals surface area contributed by atoms with E-state index in [4.69, 9.17) is 11.6 Å². The Bertz CT molecular complexity index is 528. The van der Waals surface area contributed by atoms with Crippen LogP contribution < -0.4 is 5.32 Å². The molecule has 0 aromatic heterocycles. The van der Waals surface area contributed by atoms with Crippen molar-refractivity contribution >= 4 is 17.5 Å². The summed E-state index contributed by atoms with van der Waals surface area (Å²) in [6, 6.07) is 7.26. The number of alkyl halides is 3. The van der Waals surface area contributed by atoms with E-state index in [1.54, 1.807) is 6.07 Å². The minimum Gasteiger partial charge on any atom is -0.351 e. The molecule has 0 unspecified atom stereocenters. The molecule has 1 N–H and O–H groups in total. The summed E-state index contributed by atoms with van der Waals surface area (Å²) in [6.07, 6.45) is -3.85. The molecule has 2 rings (SSSR count). The van der Waals surface area contributed by atoms with Crippen LogP contribution in [-0.4, -0.2) is 36.6 Å². The first-order valence-corrected chi connectivity index (χ1v) is 8.00. The number of hydrogen-bond donors (Lipinski definition) is 1. The maximum atomic E-state index is 12.4. The number of rotatable bonds is 5. The number of carbonyl (C=O) groups is 1. The van der Waals surface area contributed by atoms with Crippen LogP contribution in [0.5, 0.6) is 0 Å². The highest BCUT2D eigenvalue weighted by Gasteiger charge is 2.33. The smallest absolute Gasteiger partial charge is 0.351 e. The summed E-state index contributed by atoms with van der Waals surface area (Å²) in [7, 11) is 0. The minimum absolute atomic E-state index is 0.140. The zero-order valence-electron chi connectivity index (χ0n) is 12.7. The van der Waals surface area contributed by atoms with Crippen molar-refractivity contribution in [3.05, 3.63) is 34.9 Å². The van der Waals surface area contributed by atoms with Gasteiger partial charge in [0, 0.05) is 18.0 Å². The molecule has 128 valence electrons. The van der Waals surface area contributed by atoms with Gasteiger partial charge in [0.1, 0.15) is 0 Å². The molecule has 1 amide bonds. The van der Waals surface area contributed by atoms with Crippen LogP contribution in [0.15, 0.2) is 24.3 Å². The third-order valence-corrected chi connectivity index (χ3v) is 4.40. The number of likely N-dealkylation sites (tertiary alicyclic amines) is 1. The Morgan fingerprint density at radius 1 is 1.26 bits per heavy atom. The van der Waals surface area contributed by atoms with Crippen molar-refractivity contribution in [1.82, 2.24) is 10.2 Å². The number of nitrogens with zero attached hydrogens (tertiary/aromatic N) is 1. The van der Waals surface area contributed by atoms with E-state index in [9.17, 15) is 18.0 Å². The van der Waals surface area contributed by atoms with Gasteiger partial charge in [-0.05, 0) is 43.5 Å². The minimum atomic E-state index is -4.10. The predicted molar refractivity (Wildman–Crippen MR) is 83.1 cm³/mol. The van der Waals surface area contributed by atoms with E-state index in [-0.39, 0.29) is 18.4 Å². The van der Waals surface area contributed by atoms with Gasteiger partial charge in [-0.2, -0.15) is 13.2 Å². The summed E-state index contributed by atoms with van der Waals surface area (Å²) >= 11 is 6.01. The molecule has 1 aliphatic rings. The maximum absolute atomic E-state index is 12.4. The number of halogens is 4. The van der Waals surface area contributed by atoms with Crippen molar-refractivity contribution in [3.63, 3.8) is 0 Å². The summed E-state index contributed by atoms with van der Waals surface area (Å²) in [6.45, 7) is 1.62. The summed E-state index contributed by atoms with van der Waals surface area (Å²) in [5, 5.41) is 3.39. The van der Waals surface area contributed by atoms with Crippen LogP contribution in [0.3, 0.4) is 0 Å². The van der Waals surface area contributed by atoms with Gasteiger partial charge in [-0.25, -0.2) is 0 Å². The first-order valence-electron chi connectivity index (χ1n) is 7.63. The standard InChI is InChI=1S/C16H20ClF3N2O/c17-14-4-2-1-3-13(14)10-21-15(23)11-22-7-5-12(6-8-22)9-16(18,19)20/h1-4,12H,5-11H2,(H,21,23). The Labute approximate surface area is 138 Å². The van der Waals surface area contributed by atoms with Gasteiger partial charge in [0.25, 0.3) is 0 Å². The zero-order valence-corrected chi connectivity index (χ0v) is 13.5. The largest absolute Gasteiger partial charge is 0.389 e. The molecule has 3 nitrogen and oxygen atoms in total. The van der Waals surface area contributed by atoms with Crippen LogP contribution >= 0.6 is 11.6 Å². The van der Waals surface area contributed by atoms with E-state index in [0.717, 1.165) is 5.56 Å². The molecule has 1 aromatic rings. The van der Waals surface area contributed by atoms with Crippen molar-refractivity contribution in [2.24, 2.45) is 5.92 Å². The van der Waals surface area contributed by atoms with Crippen molar-refractivity contribution in [3.8, 4) is 0 Å². The van der Waals surface area contributed by atoms with E-state index < -0.39 is 12.6 Å². The lowest BCUT2D eigenvalue weighted by Crippen LogP contribution is -2.41. The summed E-state index contributed by atoms with van der Waals surface area (Å²) < 4.78 is 37.1. The van der Waals surface area contributed by atoms with Crippen molar-refractivity contribution in [2.75, 3.05) is 19.6 Å². The molecule has 23 heavy (non-hydrogen) atoms. The highest BCUT2D eigenvalue weighted by atomic mass is 35.5. The molecule has 7 heteroatoms. The molecule has 0 spiro atoms. The van der Waals surface area contributed by atoms with Gasteiger partial charge in [0.2, 0.25) is 5.91 Å². The van der Waals surface area contributed by atoms with E-state index >= 15 is 0 Å². The SMILES string of the molecule is O=C(CN1CCC(CC(F)(F)F)CC1)NCc1ccccc1Cl. The van der Waals surface area contributed by atoms with Gasteiger partial charge >= 0.3 is 6.18 Å². The second-order valence-electron chi connectivity index (χ2n) is 5.91. The van der Waals surface area contributed by atoms with E-state index in [1.807, 2.05) is 23.1 Å². The molecule has 1 saturated heterocycles. The normalized spacial score (nSPS) is 17.2. The van der Waals surface area contributed by atoms with Crippen LogP contribution in [0.25, 0.3) is 0 Å². The van der Waals surface area contributed by atoms with Gasteiger partial charge in [0.15, 0.2) is 0 Å². The van der Waals surface area contributed by atoms with E-state index in [0.29, 0.717) is 37.5 Å². The number of benzene rings is 1. The van der Waals surface area contributed by atoms with Gasteiger partial charge in [0.05, 0.1) is 6.54 Å². The fraction of sp³-hybridized carbons (Fsp3) is 0.562. The molecule has 0 bridgehead atoms. The molecular weight excluding hydrogens is 329 g/mol. The van der Waals surface area contributed by atoms with Crippen molar-refractivity contribution < 1.29 is 18.0 Å². The molecule has 0 radical (unpaired) electrons. The van der Waals surface area contributed by atoms with Crippen molar-refractivity contribution in [2.45, 2.75) is 32.0 Å². The van der Waals surface area contributed by atoms with Crippen LogP contribution in [0, 0.1) is 5.92 Å². The first-order chi connectivity index (χ1) is 10.8. The Hall–Kier alpha value is -1.27. The molecule has 1 aliphatic heterocycles. The van der Waals surface area contributed by atoms with Gasteiger partial charge < -0.3 is 5.32 Å². The first kappa shape index (κ1) is 18.1. The number of piperidine rings is 1. The summed E-state index contributed by atoms with van der Waals surface area (Å²) in [4.78, 5) is 13.8. The van der Waals surface area contributed by atoms with Crippen LogP contribution in [-0.2, 0) is 11.3 Å². The Morgan fingerprint density at radius 3 is 2.52 bits per heavy atom. The number of carbonyl (C=O) groups excluding carboxylic acids is 1. The maximum Gasteiger partial charge on any atom is 0.389 e. The number of amides is 1. The molecule has 1 heterocycles. The van der Waals surface area contributed by atoms with Gasteiger partial charge in [-0.15, -0.1) is 0 Å². The lowest BCUT2D eigenvalue weighted by Gasteiger charge is -2.31. The monoisotopic (exact) mass is 348 g/mol. The van der Waals surface area contributed by atoms with Crippen LogP contribution in [0.2, 0.25) is 5.02 Å². The third kappa shape index (κ3) is 6.39. The third-order valence-electron chi connectivity index (χ3n) is 4.03. The molecule has 0 atom stereocenters. The Morgan fingerprint density at radius 2 is 1.91 bits per heavy atom. The average molecular weight is 349 g/mol. The molecular formula is C16H20ClF3N2O. The predicted octanol–water partition coefficient (Wildman–Crippen LogP) is 3.62. The second-order valence-corrected chi connectivity index (χ2v) is 6.31. The van der Waals surface area contributed by atoms with E-state index in [1.165, 1.54) is 0 Å². The lowest BCUT2D eigenvalue weighted by atomic mass is 9.93. The molecule has 1 aromatic carbocycles. The van der Waals surface area contributed by atoms with Crippen molar-refractivity contribution in [1.29, 1.82) is 0 Å². The highest BCUT2D eigenvalue weighted by Crippen LogP contribution is 2.30. The number of hydrogen-bond acceptors (Lipinski definition) is 2. The van der Waals surface area contributed by atoms with Gasteiger partial charge in [-0.1, -0.05) is 29.8 Å². The zero-order chi connectivity index (χ0) is 16.9. The van der Waals surface area contributed by atoms with E-state index in [2.05, 4.69) is 5.32 Å². The fourth-order valence-electron chi connectivity index (χ4n) is 2.77. The second kappa shape index (κ2) is 8.02. The molecule has 0 saturated carbocycles. The van der Waals surface area contributed by atoms with Gasteiger partial charge in [-0.3, -0.25) is 9.69 Å². The fourth-order valence-corrected chi connectivity index (χ4v) is 2.97. The topological polar surface area (TPSA) is 32.3 Å². The quantitative estimate of drug-likeness (QED) is 0.881. The lowest BCUT2D eigenvalue weighted by molar-refractivity contribution is -0.148. The highest BCUT2D eigenvalue weighted by molar-refractivity contribution is 6.31. The Kier molecular flexibility index (Phi) is 6.30. The number of nitrogens with one attached hydrogen (secondary N) is 1. The Balaban J connectivity index is 1.70. The van der Waals surface area contributed by atoms with Crippen LogP contribution in [0.1, 0.15) is 24.8 Å². The average Bonchev–Trinajstić information content (AvgIpc) is 2.47. The molecule has 0 aliphatic carbocycles. The molecule has 1 fully saturated rings. The summed E-state index contributed by atoms with van der Waals surface area (Å²) in [5.41, 5.74) is 0.839. The summed E-state index contributed by atoms with van der Waals surface area (Å²) in [5.74, 6) is -0.461.